The van der Waals surface area contributed by atoms with Crippen molar-refractivity contribution in [3.05, 3.63) is 0 Å². The van der Waals surface area contributed by atoms with Crippen molar-refractivity contribution in [1.29, 1.82) is 5.26 Å². The van der Waals surface area contributed by atoms with E-state index in [0.29, 0.717) is 10.6 Å². The number of hydrogen-bond acceptors (Lipinski definition) is 6. The monoisotopic (exact) mass is 307 g/mol. The molecule has 0 fully saturated rings. The molecule has 0 bridgehead atoms. The number of hydrogen-bond donors (Lipinski definition) is 0. The summed E-state index contributed by atoms with van der Waals surface area (Å²) in [4.78, 5) is 16.8. The van der Waals surface area contributed by atoms with Gasteiger partial charge in [-0.1, -0.05) is 17.4 Å². The van der Waals surface area contributed by atoms with Crippen LogP contribution in [0.2, 0.25) is 0 Å². The number of thiocarbonyl (C=S) groups is 1. The van der Waals surface area contributed by atoms with E-state index in [1.54, 1.807) is 20.8 Å². The average Bonchev–Trinajstić information content (AvgIpc) is 2.34. The minimum Gasteiger partial charge on any atom is -0.297 e. The summed E-state index contributed by atoms with van der Waals surface area (Å²) >= 11 is 11.5. The molecule has 0 radical (unpaired) electrons. The summed E-state index contributed by atoms with van der Waals surface area (Å²) in [5.41, 5.74) is 0.456. The summed E-state index contributed by atoms with van der Waals surface area (Å²) < 4.78 is 0.273. The Kier molecular flexibility index (Phi) is 7.21. The van der Waals surface area contributed by atoms with E-state index in [9.17, 15) is 4.79 Å². The van der Waals surface area contributed by atoms with Crippen molar-refractivity contribution in [2.45, 2.75) is 25.5 Å². The number of alkyl halides is 1. The molecule has 1 atom stereocenters. The second-order valence-corrected chi connectivity index (χ2v) is 6.17. The predicted octanol–water partition coefficient (Wildman–Crippen LogP) is 2.99. The first-order valence-corrected chi connectivity index (χ1v) is 6.64. The number of carbonyl (C=O) groups excluding carboxylic acids is 1. The fourth-order valence-corrected chi connectivity index (χ4v) is 1.69. The van der Waals surface area contributed by atoms with E-state index >= 15 is 0 Å². The van der Waals surface area contributed by atoms with Gasteiger partial charge >= 0.3 is 6.09 Å². The third kappa shape index (κ3) is 5.67. The van der Waals surface area contributed by atoms with Crippen molar-refractivity contribution < 1.29 is 9.63 Å². The molecule has 0 saturated carbocycles. The molecule has 0 saturated heterocycles. The van der Waals surface area contributed by atoms with Gasteiger partial charge in [-0.15, -0.1) is 11.6 Å². The Morgan fingerprint density at radius 3 is 2.61 bits per heavy atom. The quantitative estimate of drug-likeness (QED) is 0.195. The first kappa shape index (κ1) is 17.2. The maximum absolute atomic E-state index is 11.6. The first-order valence-electron chi connectivity index (χ1n) is 4.92. The van der Waals surface area contributed by atoms with Gasteiger partial charge in [-0.3, -0.25) is 9.14 Å². The fraction of sp³-hybridized carbons (Fsp3) is 0.600. The van der Waals surface area contributed by atoms with Crippen LogP contribution in [0.15, 0.2) is 5.16 Å². The van der Waals surface area contributed by atoms with Crippen molar-refractivity contribution in [3.63, 3.8) is 0 Å². The van der Waals surface area contributed by atoms with Gasteiger partial charge < -0.3 is 0 Å². The largest absolute Gasteiger partial charge is 0.445 e. The minimum absolute atomic E-state index is 0.0904. The Bertz CT molecular complexity index is 408. The molecule has 0 heterocycles. The number of rotatable bonds is 5. The highest BCUT2D eigenvalue weighted by Crippen LogP contribution is 2.28. The second kappa shape index (κ2) is 7.56. The number of oxime groups is 1. The van der Waals surface area contributed by atoms with Crippen molar-refractivity contribution in [2.75, 3.05) is 12.9 Å². The van der Waals surface area contributed by atoms with Crippen LogP contribution in [-0.2, 0) is 4.84 Å². The van der Waals surface area contributed by atoms with Crippen molar-refractivity contribution in [2.24, 2.45) is 5.16 Å². The molecule has 5 nitrogen and oxygen atoms in total. The average molecular weight is 308 g/mol. The van der Waals surface area contributed by atoms with Gasteiger partial charge in [-0.2, -0.15) is 5.26 Å². The lowest BCUT2D eigenvalue weighted by molar-refractivity contribution is 0.137. The molecule has 1 amide bonds. The molecule has 0 rings (SSSR count). The van der Waals surface area contributed by atoms with Gasteiger partial charge in [-0.05, 0) is 32.7 Å². The topological polar surface area (TPSA) is 65.7 Å². The van der Waals surface area contributed by atoms with Crippen LogP contribution in [0.5, 0.6) is 0 Å². The van der Waals surface area contributed by atoms with Gasteiger partial charge in [0.25, 0.3) is 0 Å². The van der Waals surface area contributed by atoms with Gasteiger partial charge in [0, 0.05) is 11.9 Å². The first-order chi connectivity index (χ1) is 8.25. The number of nitrogens with zero attached hydrogens (tertiary/aromatic N) is 3. The molecule has 100 valence electrons. The number of amides is 1. The summed E-state index contributed by atoms with van der Waals surface area (Å²) in [6.07, 6.45) is -0.692. The van der Waals surface area contributed by atoms with Crippen LogP contribution in [-0.4, -0.2) is 38.6 Å². The van der Waals surface area contributed by atoms with Crippen molar-refractivity contribution in [1.82, 2.24) is 4.31 Å². The Labute approximate surface area is 121 Å². The predicted molar refractivity (Wildman–Crippen MR) is 78.0 cm³/mol. The number of carbonyl (C=O) groups is 1. The smallest absolute Gasteiger partial charge is 0.297 e. The number of halogens is 1. The SMILES string of the molecule is CC(=S)C(C)=NOC(=O)N(C)SC(C)(C#N)CCl. The Morgan fingerprint density at radius 2 is 2.22 bits per heavy atom. The molecule has 0 N–H and O–H groups in total. The fourth-order valence-electron chi connectivity index (χ4n) is 0.643. The van der Waals surface area contributed by atoms with Crippen LogP contribution in [0.3, 0.4) is 0 Å². The molecule has 0 aromatic heterocycles. The minimum atomic E-state index is -0.895. The molecule has 0 aliphatic heterocycles. The third-order valence-electron chi connectivity index (χ3n) is 1.86. The second-order valence-electron chi connectivity index (χ2n) is 3.66. The van der Waals surface area contributed by atoms with E-state index in [1.807, 2.05) is 6.07 Å². The summed E-state index contributed by atoms with van der Waals surface area (Å²) in [5, 5.41) is 12.5. The summed E-state index contributed by atoms with van der Waals surface area (Å²) in [6, 6.07) is 2.02. The van der Waals surface area contributed by atoms with E-state index in [1.165, 1.54) is 11.4 Å². The lowest BCUT2D eigenvalue weighted by Crippen LogP contribution is -2.30. The van der Waals surface area contributed by atoms with Crippen molar-refractivity contribution >= 4 is 52.4 Å². The van der Waals surface area contributed by atoms with Crippen LogP contribution in [0.4, 0.5) is 4.79 Å². The summed E-state index contributed by atoms with van der Waals surface area (Å²) in [6.45, 7) is 4.95. The molecule has 0 aliphatic carbocycles. The highest BCUT2D eigenvalue weighted by molar-refractivity contribution is 7.99. The molecular formula is C10H14ClN3O2S2. The highest BCUT2D eigenvalue weighted by atomic mass is 35.5. The zero-order chi connectivity index (χ0) is 14.3. The standard InChI is InChI=1S/C10H14ClN3O2S2/c1-7(8(2)17)13-16-9(15)14(4)18-10(3,5-11)6-12/h5H2,1-4H3. The summed E-state index contributed by atoms with van der Waals surface area (Å²) in [7, 11) is 1.48. The zero-order valence-corrected chi connectivity index (χ0v) is 12.9. The van der Waals surface area contributed by atoms with Gasteiger partial charge in [0.05, 0.1) is 17.7 Å². The third-order valence-corrected chi connectivity index (χ3v) is 3.91. The Hall–Kier alpha value is -0.840. The lowest BCUT2D eigenvalue weighted by atomic mass is 10.2. The molecule has 0 spiro atoms. The van der Waals surface area contributed by atoms with Gasteiger partial charge in [0.2, 0.25) is 0 Å². The molecular weight excluding hydrogens is 294 g/mol. The van der Waals surface area contributed by atoms with E-state index in [2.05, 4.69) is 9.99 Å². The van der Waals surface area contributed by atoms with E-state index < -0.39 is 10.8 Å². The normalized spacial score (nSPS) is 14.3. The Balaban J connectivity index is 4.51. The van der Waals surface area contributed by atoms with Gasteiger partial charge in [-0.25, -0.2) is 4.79 Å². The maximum atomic E-state index is 11.6. The van der Waals surface area contributed by atoms with Crippen molar-refractivity contribution in [3.8, 4) is 6.07 Å². The number of nitriles is 1. The van der Waals surface area contributed by atoms with Crippen LogP contribution in [0.25, 0.3) is 0 Å². The molecule has 1 unspecified atom stereocenters. The van der Waals surface area contributed by atoms with Crippen LogP contribution < -0.4 is 0 Å². The lowest BCUT2D eigenvalue weighted by Gasteiger charge is -2.22. The molecule has 0 aromatic carbocycles. The van der Waals surface area contributed by atoms with E-state index in [-0.39, 0.29) is 5.88 Å². The van der Waals surface area contributed by atoms with Gasteiger partial charge in [0.15, 0.2) is 0 Å². The van der Waals surface area contributed by atoms with Crippen LogP contribution in [0, 0.1) is 11.3 Å². The molecule has 0 aliphatic rings. The van der Waals surface area contributed by atoms with E-state index in [0.717, 1.165) is 11.9 Å². The van der Waals surface area contributed by atoms with E-state index in [4.69, 9.17) is 29.1 Å². The zero-order valence-electron chi connectivity index (χ0n) is 10.6. The van der Waals surface area contributed by atoms with Crippen LogP contribution >= 0.6 is 35.8 Å². The highest BCUT2D eigenvalue weighted by Gasteiger charge is 2.29. The maximum Gasteiger partial charge on any atom is 0.445 e. The Morgan fingerprint density at radius 1 is 1.67 bits per heavy atom. The summed E-state index contributed by atoms with van der Waals surface area (Å²) in [5.74, 6) is 0.0904. The molecule has 18 heavy (non-hydrogen) atoms. The van der Waals surface area contributed by atoms with Gasteiger partial charge in [0.1, 0.15) is 4.75 Å². The molecule has 0 aromatic rings. The van der Waals surface area contributed by atoms with Crippen LogP contribution in [0.1, 0.15) is 20.8 Å². The molecule has 8 heteroatoms.